The molecule has 3 aromatic rings. The molecule has 0 bridgehead atoms. The first-order chi connectivity index (χ1) is 12.4. The summed E-state index contributed by atoms with van der Waals surface area (Å²) >= 11 is 0. The molecule has 0 radical (unpaired) electrons. The number of aromatic amines is 1. The first-order valence-electron chi connectivity index (χ1n) is 8.86. The first kappa shape index (κ1) is 17.9. The number of nitrogens with zero attached hydrogens (tertiary/aromatic N) is 1. The fourth-order valence-corrected chi connectivity index (χ4v) is 3.30. The lowest BCUT2D eigenvalue weighted by Gasteiger charge is -2.21. The summed E-state index contributed by atoms with van der Waals surface area (Å²) in [7, 11) is 0. The van der Waals surface area contributed by atoms with Crippen molar-refractivity contribution in [3.8, 4) is 0 Å². The van der Waals surface area contributed by atoms with E-state index in [2.05, 4.69) is 11.1 Å². The van der Waals surface area contributed by atoms with E-state index >= 15 is 0 Å². The summed E-state index contributed by atoms with van der Waals surface area (Å²) in [4.78, 5) is 29.3. The molecule has 0 unspecified atom stereocenters. The number of carbonyl (C=O) groups is 1. The minimum Gasteiger partial charge on any atom is -0.338 e. The number of nitrogens with one attached hydrogen (secondary N) is 1. The third-order valence-electron chi connectivity index (χ3n) is 4.71. The Morgan fingerprint density at radius 1 is 1.08 bits per heavy atom. The van der Waals surface area contributed by atoms with Crippen molar-refractivity contribution in [2.24, 2.45) is 0 Å². The number of aryl methyl sites for hydroxylation is 2. The van der Waals surface area contributed by atoms with E-state index in [-0.39, 0.29) is 11.5 Å². The van der Waals surface area contributed by atoms with E-state index < -0.39 is 0 Å². The minimum atomic E-state index is -0.131. The third kappa shape index (κ3) is 4.02. The Hall–Kier alpha value is -2.88. The van der Waals surface area contributed by atoms with Gasteiger partial charge in [0.15, 0.2) is 0 Å². The number of hydrogen-bond acceptors (Lipinski definition) is 2. The molecule has 0 saturated carbocycles. The number of carbonyl (C=O) groups excluding carboxylic acids is 1. The zero-order valence-corrected chi connectivity index (χ0v) is 15.5. The van der Waals surface area contributed by atoms with Crippen molar-refractivity contribution in [3.05, 3.63) is 81.1 Å². The molecule has 0 aliphatic heterocycles. The van der Waals surface area contributed by atoms with Crippen molar-refractivity contribution in [1.29, 1.82) is 0 Å². The molecule has 1 N–H and O–H groups in total. The highest BCUT2D eigenvalue weighted by atomic mass is 16.2. The van der Waals surface area contributed by atoms with Crippen LogP contribution in [0.3, 0.4) is 0 Å². The van der Waals surface area contributed by atoms with E-state index in [1.807, 2.05) is 56.3 Å². The lowest BCUT2D eigenvalue weighted by atomic mass is 10.0. The van der Waals surface area contributed by atoms with E-state index in [1.165, 1.54) is 5.56 Å². The van der Waals surface area contributed by atoms with E-state index in [9.17, 15) is 9.59 Å². The molecule has 0 aliphatic carbocycles. The summed E-state index contributed by atoms with van der Waals surface area (Å²) < 4.78 is 0. The summed E-state index contributed by atoms with van der Waals surface area (Å²) in [5.74, 6) is -0.0268. The molecule has 0 atom stereocenters. The number of rotatable bonds is 5. The Morgan fingerprint density at radius 2 is 1.81 bits per heavy atom. The average molecular weight is 348 g/mol. The number of amides is 1. The van der Waals surface area contributed by atoms with Gasteiger partial charge in [-0.25, -0.2) is 0 Å². The summed E-state index contributed by atoms with van der Waals surface area (Å²) in [6, 6.07) is 16.1. The summed E-state index contributed by atoms with van der Waals surface area (Å²) in [5, 5.41) is 1.02. The second-order valence-electron chi connectivity index (χ2n) is 6.84. The van der Waals surface area contributed by atoms with Gasteiger partial charge in [-0.2, -0.15) is 0 Å². The summed E-state index contributed by atoms with van der Waals surface area (Å²) in [6.45, 7) is 6.51. The van der Waals surface area contributed by atoms with Gasteiger partial charge in [0.2, 0.25) is 5.91 Å². The van der Waals surface area contributed by atoms with Gasteiger partial charge in [0, 0.05) is 29.9 Å². The predicted molar refractivity (Wildman–Crippen MR) is 105 cm³/mol. The largest absolute Gasteiger partial charge is 0.338 e. The molecule has 0 spiro atoms. The highest BCUT2D eigenvalue weighted by molar-refractivity contribution is 5.83. The van der Waals surface area contributed by atoms with Crippen molar-refractivity contribution < 1.29 is 4.79 Å². The molecule has 134 valence electrons. The maximum Gasteiger partial charge on any atom is 0.253 e. The normalized spacial score (nSPS) is 10.9. The highest BCUT2D eigenvalue weighted by Crippen LogP contribution is 2.19. The van der Waals surface area contributed by atoms with Crippen LogP contribution in [0.4, 0.5) is 0 Å². The van der Waals surface area contributed by atoms with Crippen LogP contribution in [0.15, 0.2) is 53.3 Å². The molecule has 1 heterocycles. The van der Waals surface area contributed by atoms with Gasteiger partial charge in [-0.1, -0.05) is 36.4 Å². The number of pyridine rings is 1. The van der Waals surface area contributed by atoms with E-state index in [0.717, 1.165) is 28.5 Å². The van der Waals surface area contributed by atoms with Gasteiger partial charge in [0.1, 0.15) is 0 Å². The molecule has 1 amide bonds. The van der Waals surface area contributed by atoms with Crippen molar-refractivity contribution in [3.63, 3.8) is 0 Å². The Balaban J connectivity index is 1.86. The van der Waals surface area contributed by atoms with Crippen LogP contribution in [0.5, 0.6) is 0 Å². The SMILES string of the molecule is CC(=O)N(CCc1ccccc1)Cc1cc2c(C)cc(C)cc2[nH]c1=O. The minimum absolute atomic E-state index is 0.0268. The van der Waals surface area contributed by atoms with Gasteiger partial charge in [-0.05, 0) is 49.1 Å². The first-order valence-corrected chi connectivity index (χ1v) is 8.86. The molecule has 4 nitrogen and oxygen atoms in total. The molecular weight excluding hydrogens is 324 g/mol. The third-order valence-corrected chi connectivity index (χ3v) is 4.71. The van der Waals surface area contributed by atoms with Crippen LogP contribution in [0.1, 0.15) is 29.2 Å². The standard InChI is InChI=1S/C22H24N2O2/c1-15-11-16(2)20-13-19(22(26)23-21(20)12-15)14-24(17(3)25)10-9-18-7-5-4-6-8-18/h4-8,11-13H,9-10,14H2,1-3H3,(H,23,26). The molecule has 26 heavy (non-hydrogen) atoms. The predicted octanol–water partition coefficient (Wildman–Crippen LogP) is 3.74. The number of hydrogen-bond donors (Lipinski definition) is 1. The fourth-order valence-electron chi connectivity index (χ4n) is 3.30. The Morgan fingerprint density at radius 3 is 2.50 bits per heavy atom. The van der Waals surface area contributed by atoms with Gasteiger partial charge in [-0.3, -0.25) is 9.59 Å². The Kier molecular flexibility index (Phi) is 5.21. The van der Waals surface area contributed by atoms with Crippen LogP contribution < -0.4 is 5.56 Å². The van der Waals surface area contributed by atoms with Gasteiger partial charge >= 0.3 is 0 Å². The van der Waals surface area contributed by atoms with Crippen LogP contribution in [0.2, 0.25) is 0 Å². The summed E-state index contributed by atoms with van der Waals surface area (Å²) in [5.41, 5.74) is 4.75. The Bertz CT molecular complexity index is 990. The molecule has 3 rings (SSSR count). The zero-order chi connectivity index (χ0) is 18.7. The maximum atomic E-state index is 12.5. The molecule has 4 heteroatoms. The van der Waals surface area contributed by atoms with Gasteiger partial charge in [-0.15, -0.1) is 0 Å². The molecular formula is C22H24N2O2. The van der Waals surface area contributed by atoms with Crippen molar-refractivity contribution >= 4 is 16.8 Å². The number of fused-ring (bicyclic) bond motifs is 1. The molecule has 2 aromatic carbocycles. The summed E-state index contributed by atoms with van der Waals surface area (Å²) in [6.07, 6.45) is 0.768. The van der Waals surface area contributed by atoms with Crippen molar-refractivity contribution in [2.75, 3.05) is 6.54 Å². The van der Waals surface area contributed by atoms with Crippen LogP contribution in [-0.4, -0.2) is 22.3 Å². The highest BCUT2D eigenvalue weighted by Gasteiger charge is 2.13. The number of H-pyrrole nitrogens is 1. The smallest absolute Gasteiger partial charge is 0.253 e. The second-order valence-corrected chi connectivity index (χ2v) is 6.84. The van der Waals surface area contributed by atoms with Gasteiger partial charge in [0.25, 0.3) is 5.56 Å². The average Bonchev–Trinajstić information content (AvgIpc) is 2.59. The second kappa shape index (κ2) is 7.56. The van der Waals surface area contributed by atoms with Crippen LogP contribution in [-0.2, 0) is 17.8 Å². The quantitative estimate of drug-likeness (QED) is 0.764. The van der Waals surface area contributed by atoms with Crippen molar-refractivity contribution in [2.45, 2.75) is 33.7 Å². The lowest BCUT2D eigenvalue weighted by Crippen LogP contribution is -2.32. The number of aromatic nitrogens is 1. The fraction of sp³-hybridized carbons (Fsp3) is 0.273. The number of benzene rings is 2. The van der Waals surface area contributed by atoms with E-state index in [0.29, 0.717) is 18.7 Å². The van der Waals surface area contributed by atoms with Gasteiger partial charge < -0.3 is 9.88 Å². The monoisotopic (exact) mass is 348 g/mol. The van der Waals surface area contributed by atoms with Crippen LogP contribution in [0, 0.1) is 13.8 Å². The van der Waals surface area contributed by atoms with E-state index in [1.54, 1.807) is 11.8 Å². The zero-order valence-electron chi connectivity index (χ0n) is 15.5. The maximum absolute atomic E-state index is 12.5. The molecule has 0 fully saturated rings. The van der Waals surface area contributed by atoms with E-state index in [4.69, 9.17) is 0 Å². The van der Waals surface area contributed by atoms with Crippen molar-refractivity contribution in [1.82, 2.24) is 9.88 Å². The molecule has 0 saturated heterocycles. The lowest BCUT2D eigenvalue weighted by molar-refractivity contribution is -0.129. The molecule has 0 aliphatic rings. The Labute approximate surface area is 153 Å². The van der Waals surface area contributed by atoms with Gasteiger partial charge in [0.05, 0.1) is 6.54 Å². The topological polar surface area (TPSA) is 53.2 Å². The van der Waals surface area contributed by atoms with Crippen LogP contribution in [0.25, 0.3) is 10.9 Å². The van der Waals surface area contributed by atoms with Crippen LogP contribution >= 0.6 is 0 Å². The molecule has 1 aromatic heterocycles.